The molecule has 3 amide bonds. The van der Waals surface area contributed by atoms with Crippen LogP contribution in [0.25, 0.3) is 0 Å². The molecule has 0 bridgehead atoms. The van der Waals surface area contributed by atoms with Crippen LogP contribution in [0.4, 0.5) is 4.79 Å². The third kappa shape index (κ3) is 5.45. The van der Waals surface area contributed by atoms with E-state index in [1.54, 1.807) is 4.90 Å². The molecule has 1 aromatic carbocycles. The highest BCUT2D eigenvalue weighted by Crippen LogP contribution is 2.14. The molecule has 2 heterocycles. The molecule has 2 aliphatic heterocycles. The SMILES string of the molecule is Cc1cccc(CN2CCN(C(=O)NCC[C@H](C)N3CCCC3)CC2=O)c1. The van der Waals surface area contributed by atoms with Gasteiger partial charge in [-0.2, -0.15) is 0 Å². The summed E-state index contributed by atoms with van der Waals surface area (Å²) in [6.07, 6.45) is 3.52. The van der Waals surface area contributed by atoms with Gasteiger partial charge in [0.15, 0.2) is 0 Å². The second-order valence-electron chi connectivity index (χ2n) is 7.84. The molecule has 3 rings (SSSR count). The summed E-state index contributed by atoms with van der Waals surface area (Å²) in [4.78, 5) is 30.8. The van der Waals surface area contributed by atoms with Gasteiger partial charge in [0, 0.05) is 32.2 Å². The number of carbonyl (C=O) groups excluding carboxylic acids is 2. The number of hydrogen-bond acceptors (Lipinski definition) is 3. The number of likely N-dealkylation sites (tertiary alicyclic amines) is 1. The second kappa shape index (κ2) is 9.22. The smallest absolute Gasteiger partial charge is 0.317 e. The molecule has 148 valence electrons. The molecular formula is C21H32N4O2. The van der Waals surface area contributed by atoms with E-state index in [-0.39, 0.29) is 18.5 Å². The number of piperazine rings is 1. The van der Waals surface area contributed by atoms with Crippen molar-refractivity contribution in [1.82, 2.24) is 20.0 Å². The molecule has 2 aliphatic rings. The molecule has 0 unspecified atom stereocenters. The van der Waals surface area contributed by atoms with Gasteiger partial charge in [0.05, 0.1) is 0 Å². The minimum Gasteiger partial charge on any atom is -0.338 e. The first kappa shape index (κ1) is 19.7. The molecular weight excluding hydrogens is 340 g/mol. The summed E-state index contributed by atoms with van der Waals surface area (Å²) in [5, 5.41) is 2.99. The Bertz CT molecular complexity index is 657. The van der Waals surface area contributed by atoms with Gasteiger partial charge in [0.2, 0.25) is 5.91 Å². The predicted octanol–water partition coefficient (Wildman–Crippen LogP) is 2.22. The minimum absolute atomic E-state index is 0.0170. The monoisotopic (exact) mass is 372 g/mol. The quantitative estimate of drug-likeness (QED) is 0.833. The highest BCUT2D eigenvalue weighted by molar-refractivity contribution is 5.85. The number of benzene rings is 1. The number of amides is 3. The zero-order valence-electron chi connectivity index (χ0n) is 16.6. The maximum Gasteiger partial charge on any atom is 0.317 e. The summed E-state index contributed by atoms with van der Waals surface area (Å²) >= 11 is 0. The maximum atomic E-state index is 12.5. The van der Waals surface area contributed by atoms with Crippen LogP contribution in [0.2, 0.25) is 0 Å². The first-order valence-electron chi connectivity index (χ1n) is 10.1. The molecule has 0 aromatic heterocycles. The molecule has 1 N–H and O–H groups in total. The summed E-state index contributed by atoms with van der Waals surface area (Å²) in [5.74, 6) is 0.0170. The Morgan fingerprint density at radius 2 is 1.96 bits per heavy atom. The third-order valence-electron chi connectivity index (χ3n) is 5.66. The Morgan fingerprint density at radius 3 is 2.67 bits per heavy atom. The molecule has 1 atom stereocenters. The van der Waals surface area contributed by atoms with E-state index in [1.165, 1.54) is 31.5 Å². The molecule has 2 fully saturated rings. The van der Waals surface area contributed by atoms with Crippen molar-refractivity contribution >= 4 is 11.9 Å². The van der Waals surface area contributed by atoms with Gasteiger partial charge in [-0.3, -0.25) is 4.79 Å². The Hall–Kier alpha value is -2.08. The van der Waals surface area contributed by atoms with Gasteiger partial charge >= 0.3 is 6.03 Å². The highest BCUT2D eigenvalue weighted by Gasteiger charge is 2.27. The van der Waals surface area contributed by atoms with Crippen LogP contribution < -0.4 is 5.32 Å². The average molecular weight is 373 g/mol. The van der Waals surface area contributed by atoms with E-state index in [4.69, 9.17) is 0 Å². The zero-order valence-corrected chi connectivity index (χ0v) is 16.6. The first-order valence-corrected chi connectivity index (χ1v) is 10.1. The maximum absolute atomic E-state index is 12.5. The van der Waals surface area contributed by atoms with Crippen molar-refractivity contribution in [3.63, 3.8) is 0 Å². The van der Waals surface area contributed by atoms with Gasteiger partial charge in [-0.1, -0.05) is 29.8 Å². The van der Waals surface area contributed by atoms with Crippen LogP contribution in [0.1, 0.15) is 37.3 Å². The number of aryl methyl sites for hydroxylation is 1. The number of nitrogens with zero attached hydrogens (tertiary/aromatic N) is 3. The summed E-state index contributed by atoms with van der Waals surface area (Å²) in [6, 6.07) is 8.60. The first-order chi connectivity index (χ1) is 13.0. The Morgan fingerprint density at radius 1 is 1.19 bits per heavy atom. The molecule has 0 aliphatic carbocycles. The molecule has 0 radical (unpaired) electrons. The van der Waals surface area contributed by atoms with Crippen molar-refractivity contribution in [3.05, 3.63) is 35.4 Å². The van der Waals surface area contributed by atoms with Gasteiger partial charge in [-0.05, 0) is 51.8 Å². The van der Waals surface area contributed by atoms with E-state index in [2.05, 4.69) is 36.2 Å². The fourth-order valence-electron chi connectivity index (χ4n) is 3.94. The van der Waals surface area contributed by atoms with E-state index in [9.17, 15) is 9.59 Å². The number of urea groups is 1. The lowest BCUT2D eigenvalue weighted by Gasteiger charge is -2.34. The largest absolute Gasteiger partial charge is 0.338 e. The van der Waals surface area contributed by atoms with Crippen LogP contribution in [0.5, 0.6) is 0 Å². The van der Waals surface area contributed by atoms with Crippen molar-refractivity contribution in [2.45, 2.75) is 45.7 Å². The molecule has 1 aromatic rings. The lowest BCUT2D eigenvalue weighted by atomic mass is 10.1. The highest BCUT2D eigenvalue weighted by atomic mass is 16.2. The van der Waals surface area contributed by atoms with Crippen molar-refractivity contribution in [3.8, 4) is 0 Å². The fraction of sp³-hybridized carbons (Fsp3) is 0.619. The van der Waals surface area contributed by atoms with E-state index < -0.39 is 0 Å². The lowest BCUT2D eigenvalue weighted by molar-refractivity contribution is -0.135. The Kier molecular flexibility index (Phi) is 6.72. The average Bonchev–Trinajstić information content (AvgIpc) is 3.18. The minimum atomic E-state index is -0.118. The molecule has 0 spiro atoms. The van der Waals surface area contributed by atoms with Crippen LogP contribution in [0.3, 0.4) is 0 Å². The van der Waals surface area contributed by atoms with Crippen LogP contribution in [-0.2, 0) is 11.3 Å². The van der Waals surface area contributed by atoms with Gasteiger partial charge in [0.25, 0.3) is 0 Å². The number of nitrogens with one attached hydrogen (secondary N) is 1. The van der Waals surface area contributed by atoms with Gasteiger partial charge in [-0.15, -0.1) is 0 Å². The second-order valence-corrected chi connectivity index (χ2v) is 7.84. The van der Waals surface area contributed by atoms with Crippen LogP contribution in [0, 0.1) is 6.92 Å². The van der Waals surface area contributed by atoms with Crippen molar-refractivity contribution in [2.24, 2.45) is 0 Å². The Balaban J connectivity index is 1.40. The lowest BCUT2D eigenvalue weighted by Crippen LogP contribution is -2.54. The van der Waals surface area contributed by atoms with E-state index in [1.807, 2.05) is 17.0 Å². The van der Waals surface area contributed by atoms with Crippen LogP contribution in [0.15, 0.2) is 24.3 Å². The normalized spacial score (nSPS) is 19.4. The third-order valence-corrected chi connectivity index (χ3v) is 5.66. The number of hydrogen-bond donors (Lipinski definition) is 1. The fourth-order valence-corrected chi connectivity index (χ4v) is 3.94. The summed E-state index contributed by atoms with van der Waals surface area (Å²) < 4.78 is 0. The molecule has 6 heteroatoms. The standard InChI is InChI=1S/C21H32N4O2/c1-17-6-5-7-19(14-17)15-24-12-13-25(16-20(24)26)21(27)22-9-8-18(2)23-10-3-4-11-23/h5-7,14,18H,3-4,8-13,15-16H2,1-2H3,(H,22,27)/t18-/m0/s1. The van der Waals surface area contributed by atoms with Crippen molar-refractivity contribution in [1.29, 1.82) is 0 Å². The van der Waals surface area contributed by atoms with E-state index in [0.29, 0.717) is 32.2 Å². The summed E-state index contributed by atoms with van der Waals surface area (Å²) in [5.41, 5.74) is 2.33. The summed E-state index contributed by atoms with van der Waals surface area (Å²) in [6.45, 7) is 9.24. The van der Waals surface area contributed by atoms with Gasteiger partial charge in [-0.25, -0.2) is 4.79 Å². The molecule has 2 saturated heterocycles. The van der Waals surface area contributed by atoms with Crippen LogP contribution in [-0.4, -0.2) is 71.9 Å². The number of rotatable bonds is 6. The summed E-state index contributed by atoms with van der Waals surface area (Å²) in [7, 11) is 0. The molecule has 0 saturated carbocycles. The van der Waals surface area contributed by atoms with Gasteiger partial charge in [0.1, 0.15) is 6.54 Å². The van der Waals surface area contributed by atoms with Crippen LogP contribution >= 0.6 is 0 Å². The van der Waals surface area contributed by atoms with Crippen molar-refractivity contribution in [2.75, 3.05) is 39.3 Å². The molecule has 6 nitrogen and oxygen atoms in total. The Labute approximate surface area is 162 Å². The predicted molar refractivity (Wildman–Crippen MR) is 106 cm³/mol. The van der Waals surface area contributed by atoms with E-state index in [0.717, 1.165) is 12.0 Å². The molecule has 27 heavy (non-hydrogen) atoms. The number of carbonyl (C=O) groups is 2. The topological polar surface area (TPSA) is 55.9 Å². The van der Waals surface area contributed by atoms with Crippen molar-refractivity contribution < 1.29 is 9.59 Å². The van der Waals surface area contributed by atoms with E-state index >= 15 is 0 Å². The van der Waals surface area contributed by atoms with Gasteiger partial charge < -0.3 is 20.0 Å². The zero-order chi connectivity index (χ0) is 19.2.